The maximum atomic E-state index is 11.0. The lowest BCUT2D eigenvalue weighted by atomic mass is 9.85. The normalized spacial score (nSPS) is 23.5. The third-order valence-electron chi connectivity index (χ3n) is 3.95. The molecule has 1 nitrogen and oxygen atoms in total. The minimum atomic E-state index is -0.973. The second kappa shape index (κ2) is 3.54. The van der Waals surface area contributed by atoms with E-state index in [2.05, 4.69) is 24.1 Å². The smallest absolute Gasteiger partial charge is 0.141 e. The van der Waals surface area contributed by atoms with E-state index in [0.29, 0.717) is 0 Å². The van der Waals surface area contributed by atoms with Crippen molar-refractivity contribution in [1.82, 2.24) is 0 Å². The zero-order valence-electron chi connectivity index (χ0n) is 10.0. The molecule has 0 aromatic heterocycles. The van der Waals surface area contributed by atoms with Gasteiger partial charge in [0.15, 0.2) is 0 Å². The molecular weight excluding hydrogens is 252 g/mol. The number of allylic oxidation sites excluding steroid dienone is 7. The van der Waals surface area contributed by atoms with Crippen LogP contribution in [-0.4, -0.2) is 10.7 Å². The van der Waals surface area contributed by atoms with Gasteiger partial charge < -0.3 is 5.11 Å². The van der Waals surface area contributed by atoms with E-state index in [9.17, 15) is 5.11 Å². The molecule has 0 radical (unpaired) electrons. The molecule has 19 heavy (non-hydrogen) atoms. The lowest BCUT2D eigenvalue weighted by Crippen LogP contribution is -2.29. The van der Waals surface area contributed by atoms with Gasteiger partial charge in [-0.25, -0.2) is 0 Å². The molecule has 4 bridgehead atoms. The highest BCUT2D eigenvalue weighted by molar-refractivity contribution is 7.83. The Morgan fingerprint density at radius 2 is 1.84 bits per heavy atom. The Morgan fingerprint density at radius 1 is 1.11 bits per heavy atom. The fourth-order valence-corrected chi connectivity index (χ4v) is 3.11. The molecule has 4 rings (SSSR count). The third-order valence-corrected chi connectivity index (χ3v) is 4.08. The van der Waals surface area contributed by atoms with Crippen LogP contribution in [0.25, 0.3) is 0 Å². The summed E-state index contributed by atoms with van der Waals surface area (Å²) >= 11 is 3.99. The molecular formula is C17H10OS. The summed E-state index contributed by atoms with van der Waals surface area (Å²) in [4.78, 5) is 0. The number of hydrogen-bond donors (Lipinski definition) is 2. The molecule has 0 spiro atoms. The molecule has 0 atom stereocenters. The Morgan fingerprint density at radius 3 is 2.47 bits per heavy atom. The summed E-state index contributed by atoms with van der Waals surface area (Å²) in [5.41, 5.74) is 10.9. The van der Waals surface area contributed by atoms with Crippen LogP contribution >= 0.6 is 12.6 Å². The van der Waals surface area contributed by atoms with Gasteiger partial charge in [0.2, 0.25) is 0 Å². The molecule has 1 N–H and O–H groups in total. The van der Waals surface area contributed by atoms with E-state index in [4.69, 9.17) is 0 Å². The van der Waals surface area contributed by atoms with E-state index in [0.717, 1.165) is 33.4 Å². The van der Waals surface area contributed by atoms with Gasteiger partial charge >= 0.3 is 0 Å². The van der Waals surface area contributed by atoms with Crippen LogP contribution in [0.15, 0.2) is 92.8 Å². The summed E-state index contributed by atoms with van der Waals surface area (Å²) in [6, 6.07) is 0. The van der Waals surface area contributed by atoms with Gasteiger partial charge in [-0.1, -0.05) is 47.9 Å². The number of rotatable bonds is 1. The van der Waals surface area contributed by atoms with Crippen molar-refractivity contribution in [2.75, 3.05) is 0 Å². The highest BCUT2D eigenvalue weighted by atomic mass is 32.1. The Hall–Kier alpha value is -1.95. The predicted octanol–water partition coefficient (Wildman–Crippen LogP) is 3.08. The highest BCUT2D eigenvalue weighted by Crippen LogP contribution is 2.51. The number of fused-ring (bicyclic) bond motifs is 4. The largest absolute Gasteiger partial charge is 0.376 e. The van der Waals surface area contributed by atoms with E-state index in [1.807, 2.05) is 42.5 Å². The van der Waals surface area contributed by atoms with Crippen molar-refractivity contribution in [2.24, 2.45) is 0 Å². The molecule has 2 heteroatoms. The lowest BCUT2D eigenvalue weighted by molar-refractivity contribution is 0.173. The molecule has 0 saturated carbocycles. The fourth-order valence-electron chi connectivity index (χ4n) is 3.05. The van der Waals surface area contributed by atoms with Gasteiger partial charge in [-0.15, -0.1) is 12.6 Å². The molecule has 4 aliphatic rings. The molecule has 0 heterocycles. The maximum Gasteiger partial charge on any atom is 0.141 e. The van der Waals surface area contributed by atoms with Crippen LogP contribution in [0.5, 0.6) is 0 Å². The maximum absolute atomic E-state index is 11.0. The second-order valence-corrected chi connectivity index (χ2v) is 5.08. The van der Waals surface area contributed by atoms with Crippen LogP contribution in [0.1, 0.15) is 0 Å². The van der Waals surface area contributed by atoms with E-state index >= 15 is 0 Å². The second-order valence-electron chi connectivity index (χ2n) is 4.82. The molecule has 0 unspecified atom stereocenters. The van der Waals surface area contributed by atoms with Gasteiger partial charge in [0.05, 0.1) is 0 Å². The van der Waals surface area contributed by atoms with Crippen LogP contribution in [0.4, 0.5) is 0 Å². The Labute approximate surface area is 116 Å². The van der Waals surface area contributed by atoms with Crippen LogP contribution < -0.4 is 0 Å². The quantitative estimate of drug-likeness (QED) is 0.549. The van der Waals surface area contributed by atoms with Gasteiger partial charge in [-0.3, -0.25) is 0 Å². The first kappa shape index (κ1) is 10.9. The average Bonchev–Trinajstić information content (AvgIpc) is 3.16. The summed E-state index contributed by atoms with van der Waals surface area (Å²) in [7, 11) is 0. The minimum Gasteiger partial charge on any atom is -0.376 e. The van der Waals surface area contributed by atoms with Crippen molar-refractivity contribution in [1.29, 1.82) is 0 Å². The third kappa shape index (κ3) is 1.22. The summed E-state index contributed by atoms with van der Waals surface area (Å²) in [6.07, 6.45) is 14.0. The van der Waals surface area contributed by atoms with Crippen LogP contribution in [0.2, 0.25) is 0 Å². The van der Waals surface area contributed by atoms with Gasteiger partial charge in [0.25, 0.3) is 0 Å². The molecule has 0 amide bonds. The standard InChI is InChI=1S/C17H10OS/c18-17(12-4-5-13(17)7-6-12)16-10-11-3-8-15(16)14(11)2-1-9-19/h3-10,18-19H. The van der Waals surface area contributed by atoms with E-state index < -0.39 is 5.60 Å². The first-order chi connectivity index (χ1) is 9.25. The van der Waals surface area contributed by atoms with Crippen molar-refractivity contribution in [3.05, 3.63) is 92.8 Å². The number of thiol groups is 1. The van der Waals surface area contributed by atoms with Gasteiger partial charge in [0.1, 0.15) is 5.60 Å². The molecule has 4 aliphatic carbocycles. The summed E-state index contributed by atoms with van der Waals surface area (Å²) in [5.74, 6) is 0. The van der Waals surface area contributed by atoms with Crippen LogP contribution in [0.3, 0.4) is 0 Å². The molecule has 0 saturated heterocycles. The number of hydrogen-bond acceptors (Lipinski definition) is 2. The molecule has 0 aliphatic heterocycles. The first-order valence-electron chi connectivity index (χ1n) is 6.08. The summed E-state index contributed by atoms with van der Waals surface area (Å²) < 4.78 is 0. The topological polar surface area (TPSA) is 20.2 Å². The zero-order valence-corrected chi connectivity index (χ0v) is 10.9. The van der Waals surface area contributed by atoms with Crippen molar-refractivity contribution < 1.29 is 5.11 Å². The Balaban J connectivity index is 1.95. The van der Waals surface area contributed by atoms with E-state index in [1.165, 1.54) is 5.41 Å². The summed E-state index contributed by atoms with van der Waals surface area (Å²) in [5, 5.41) is 12.6. The monoisotopic (exact) mass is 262 g/mol. The van der Waals surface area contributed by atoms with Gasteiger partial charge in [-0.2, -0.15) is 0 Å². The molecule has 0 aromatic carbocycles. The molecule has 90 valence electrons. The lowest BCUT2D eigenvalue weighted by Gasteiger charge is -2.25. The van der Waals surface area contributed by atoms with Crippen molar-refractivity contribution >= 4 is 12.6 Å². The van der Waals surface area contributed by atoms with Crippen LogP contribution in [0, 0.1) is 0 Å². The molecule has 0 fully saturated rings. The highest BCUT2D eigenvalue weighted by Gasteiger charge is 2.46. The average molecular weight is 262 g/mol. The van der Waals surface area contributed by atoms with Crippen LogP contribution in [-0.2, 0) is 0 Å². The van der Waals surface area contributed by atoms with Gasteiger partial charge in [0, 0.05) is 16.6 Å². The molecule has 0 aromatic rings. The van der Waals surface area contributed by atoms with Crippen molar-refractivity contribution in [2.45, 2.75) is 5.60 Å². The Kier molecular flexibility index (Phi) is 2.04. The number of aliphatic hydroxyl groups is 1. The van der Waals surface area contributed by atoms with Gasteiger partial charge in [-0.05, 0) is 28.4 Å². The SMILES string of the molecule is OC1(C2=C3C=CC(=C2)C3=C=C=CS)C2=CC=C1C=C2. The van der Waals surface area contributed by atoms with Crippen molar-refractivity contribution in [3.63, 3.8) is 0 Å². The van der Waals surface area contributed by atoms with Crippen molar-refractivity contribution in [3.8, 4) is 0 Å². The van der Waals surface area contributed by atoms with E-state index in [1.54, 1.807) is 0 Å². The first-order valence-corrected chi connectivity index (χ1v) is 6.60. The fraction of sp³-hybridized carbons (Fsp3) is 0.0588. The van der Waals surface area contributed by atoms with E-state index in [-0.39, 0.29) is 0 Å². The summed E-state index contributed by atoms with van der Waals surface area (Å²) in [6.45, 7) is 0. The zero-order chi connectivity index (χ0) is 13.0. The Bertz CT molecular complexity index is 774. The minimum absolute atomic E-state index is 0.938. The predicted molar refractivity (Wildman–Crippen MR) is 78.6 cm³/mol.